The number of anilines is 1. The van der Waals surface area contributed by atoms with Crippen molar-refractivity contribution in [2.45, 2.75) is 6.42 Å². The van der Waals surface area contributed by atoms with Gasteiger partial charge in [-0.15, -0.1) is 11.3 Å². The van der Waals surface area contributed by atoms with Crippen LogP contribution in [0.4, 0.5) is 5.82 Å². The summed E-state index contributed by atoms with van der Waals surface area (Å²) in [6, 6.07) is 7.69. The lowest BCUT2D eigenvalue weighted by atomic mass is 10.3. The van der Waals surface area contributed by atoms with Crippen molar-refractivity contribution in [2.24, 2.45) is 0 Å². The molecule has 0 saturated heterocycles. The van der Waals surface area contributed by atoms with Crippen LogP contribution in [0.5, 0.6) is 0 Å². The molecule has 0 aliphatic rings. The van der Waals surface area contributed by atoms with Gasteiger partial charge in [0.15, 0.2) is 5.82 Å². The lowest BCUT2D eigenvalue weighted by Crippen LogP contribution is -2.06. The molecule has 3 heterocycles. The second-order valence-electron chi connectivity index (χ2n) is 4.25. The number of nitrogens with zero attached hydrogens (tertiary/aromatic N) is 3. The Bertz CT molecular complexity index is 699. The van der Waals surface area contributed by atoms with Gasteiger partial charge in [0.2, 0.25) is 0 Å². The van der Waals surface area contributed by atoms with Crippen LogP contribution in [0.25, 0.3) is 21.7 Å². The molecule has 0 atom stereocenters. The Balaban J connectivity index is 2.01. The monoisotopic (exact) mass is 286 g/mol. The highest BCUT2D eigenvalue weighted by molar-refractivity contribution is 7.16. The van der Waals surface area contributed by atoms with Gasteiger partial charge >= 0.3 is 0 Å². The van der Waals surface area contributed by atoms with Gasteiger partial charge in [0.1, 0.15) is 16.3 Å². The fraction of sp³-hybridized carbons (Fsp3) is 0.214. The van der Waals surface area contributed by atoms with Gasteiger partial charge in [0, 0.05) is 19.3 Å². The van der Waals surface area contributed by atoms with Gasteiger partial charge in [-0.3, -0.25) is 4.98 Å². The summed E-state index contributed by atoms with van der Waals surface area (Å²) in [7, 11) is 0. The number of hydrogen-bond donors (Lipinski definition) is 2. The van der Waals surface area contributed by atoms with Crippen LogP contribution in [0.1, 0.15) is 6.42 Å². The molecule has 0 bridgehead atoms. The number of aliphatic hydroxyl groups is 1. The molecule has 2 N–H and O–H groups in total. The summed E-state index contributed by atoms with van der Waals surface area (Å²) in [5, 5.41) is 15.1. The quantitative estimate of drug-likeness (QED) is 0.705. The third kappa shape index (κ3) is 2.61. The molecule has 20 heavy (non-hydrogen) atoms. The second-order valence-corrected chi connectivity index (χ2v) is 5.15. The first-order valence-corrected chi connectivity index (χ1v) is 7.28. The Labute approximate surface area is 120 Å². The lowest BCUT2D eigenvalue weighted by molar-refractivity contribution is 0.292. The molecular formula is C14H14N4OS. The van der Waals surface area contributed by atoms with E-state index in [2.05, 4.69) is 20.3 Å². The average molecular weight is 286 g/mol. The summed E-state index contributed by atoms with van der Waals surface area (Å²) >= 11 is 1.58. The Kier molecular flexibility index (Phi) is 3.85. The van der Waals surface area contributed by atoms with Crippen molar-refractivity contribution < 1.29 is 5.11 Å². The normalized spacial score (nSPS) is 10.8. The van der Waals surface area contributed by atoms with Crippen LogP contribution in [-0.4, -0.2) is 33.2 Å². The predicted octanol–water partition coefficient (Wildman–Crippen LogP) is 2.55. The number of rotatable bonds is 5. The second kappa shape index (κ2) is 5.94. The zero-order chi connectivity index (χ0) is 13.8. The van der Waals surface area contributed by atoms with Gasteiger partial charge in [0.25, 0.3) is 0 Å². The van der Waals surface area contributed by atoms with E-state index >= 15 is 0 Å². The van der Waals surface area contributed by atoms with E-state index in [0.29, 0.717) is 18.8 Å². The van der Waals surface area contributed by atoms with Crippen molar-refractivity contribution in [3.8, 4) is 11.5 Å². The van der Waals surface area contributed by atoms with E-state index in [1.165, 1.54) is 0 Å². The molecule has 3 aromatic rings. The molecule has 5 nitrogen and oxygen atoms in total. The largest absolute Gasteiger partial charge is 0.396 e. The van der Waals surface area contributed by atoms with Crippen LogP contribution < -0.4 is 5.32 Å². The summed E-state index contributed by atoms with van der Waals surface area (Å²) in [6.45, 7) is 0.845. The molecule has 0 unspecified atom stereocenters. The molecule has 0 aromatic carbocycles. The molecule has 3 aromatic heterocycles. The van der Waals surface area contributed by atoms with Gasteiger partial charge < -0.3 is 10.4 Å². The van der Waals surface area contributed by atoms with E-state index in [0.717, 1.165) is 21.7 Å². The first kappa shape index (κ1) is 13.0. The van der Waals surface area contributed by atoms with Crippen molar-refractivity contribution in [3.05, 3.63) is 35.8 Å². The third-order valence-electron chi connectivity index (χ3n) is 2.85. The number of thiophene rings is 1. The smallest absolute Gasteiger partial charge is 0.181 e. The Morgan fingerprint density at radius 3 is 2.95 bits per heavy atom. The maximum absolute atomic E-state index is 8.87. The van der Waals surface area contributed by atoms with E-state index < -0.39 is 0 Å². The number of aliphatic hydroxyl groups excluding tert-OH is 1. The van der Waals surface area contributed by atoms with Crippen molar-refractivity contribution in [1.29, 1.82) is 0 Å². The van der Waals surface area contributed by atoms with E-state index in [4.69, 9.17) is 5.11 Å². The molecule has 0 aliphatic carbocycles. The van der Waals surface area contributed by atoms with Gasteiger partial charge in [-0.2, -0.15) is 0 Å². The molecule has 0 spiro atoms. The van der Waals surface area contributed by atoms with Crippen LogP contribution in [0.15, 0.2) is 35.8 Å². The maximum Gasteiger partial charge on any atom is 0.181 e. The lowest BCUT2D eigenvalue weighted by Gasteiger charge is -2.07. The van der Waals surface area contributed by atoms with Gasteiger partial charge in [-0.1, -0.05) is 6.07 Å². The van der Waals surface area contributed by atoms with Crippen molar-refractivity contribution in [2.75, 3.05) is 18.5 Å². The van der Waals surface area contributed by atoms with Crippen molar-refractivity contribution in [3.63, 3.8) is 0 Å². The van der Waals surface area contributed by atoms with Crippen molar-refractivity contribution in [1.82, 2.24) is 15.0 Å². The zero-order valence-corrected chi connectivity index (χ0v) is 11.6. The number of hydrogen-bond acceptors (Lipinski definition) is 6. The fourth-order valence-electron chi connectivity index (χ4n) is 1.89. The van der Waals surface area contributed by atoms with E-state index in [-0.39, 0.29) is 6.61 Å². The highest BCUT2D eigenvalue weighted by atomic mass is 32.1. The van der Waals surface area contributed by atoms with Crippen molar-refractivity contribution >= 4 is 27.4 Å². The summed E-state index contributed by atoms with van der Waals surface area (Å²) < 4.78 is 0. The van der Waals surface area contributed by atoms with E-state index in [9.17, 15) is 0 Å². The first-order valence-electron chi connectivity index (χ1n) is 6.40. The van der Waals surface area contributed by atoms with Crippen LogP contribution in [0, 0.1) is 0 Å². The van der Waals surface area contributed by atoms with Gasteiger partial charge in [0.05, 0.1) is 5.39 Å². The number of aromatic nitrogens is 3. The molecule has 0 radical (unpaired) electrons. The highest BCUT2D eigenvalue weighted by Crippen LogP contribution is 2.27. The number of pyridine rings is 1. The summed E-state index contributed by atoms with van der Waals surface area (Å²) in [4.78, 5) is 14.3. The molecule has 0 fully saturated rings. The predicted molar refractivity (Wildman–Crippen MR) is 80.8 cm³/mol. The standard InChI is InChI=1S/C14H14N4OS/c19-8-3-7-16-12-10-5-9-20-14(10)18-13(17-12)11-4-1-2-6-15-11/h1-2,4-6,9,19H,3,7-8H2,(H,16,17,18). The Hall–Kier alpha value is -2.05. The van der Waals surface area contributed by atoms with Crippen LogP contribution >= 0.6 is 11.3 Å². The van der Waals surface area contributed by atoms with Crippen LogP contribution in [-0.2, 0) is 0 Å². The molecule has 6 heteroatoms. The molecule has 0 saturated carbocycles. The summed E-state index contributed by atoms with van der Waals surface area (Å²) in [5.41, 5.74) is 0.757. The Morgan fingerprint density at radius 1 is 1.20 bits per heavy atom. The van der Waals surface area contributed by atoms with Crippen LogP contribution in [0.3, 0.4) is 0 Å². The topological polar surface area (TPSA) is 70.9 Å². The molecule has 0 aliphatic heterocycles. The third-order valence-corrected chi connectivity index (χ3v) is 3.65. The first-order chi connectivity index (χ1) is 9.88. The van der Waals surface area contributed by atoms with E-state index in [1.807, 2.05) is 29.6 Å². The average Bonchev–Trinajstić information content (AvgIpc) is 2.97. The highest BCUT2D eigenvalue weighted by Gasteiger charge is 2.10. The number of nitrogens with one attached hydrogen (secondary N) is 1. The molecule has 3 rings (SSSR count). The fourth-order valence-corrected chi connectivity index (χ4v) is 2.65. The number of fused-ring (bicyclic) bond motifs is 1. The van der Waals surface area contributed by atoms with Gasteiger partial charge in [-0.05, 0) is 30.0 Å². The maximum atomic E-state index is 8.87. The Morgan fingerprint density at radius 2 is 2.15 bits per heavy atom. The minimum atomic E-state index is 0.165. The molecule has 102 valence electrons. The molecule has 0 amide bonds. The van der Waals surface area contributed by atoms with E-state index in [1.54, 1.807) is 17.5 Å². The van der Waals surface area contributed by atoms with Crippen LogP contribution in [0.2, 0.25) is 0 Å². The SMILES string of the molecule is OCCCNc1nc(-c2ccccn2)nc2sccc12. The summed E-state index contributed by atoms with van der Waals surface area (Å²) in [5.74, 6) is 1.41. The minimum Gasteiger partial charge on any atom is -0.396 e. The summed E-state index contributed by atoms with van der Waals surface area (Å²) in [6.07, 6.45) is 2.42. The zero-order valence-electron chi connectivity index (χ0n) is 10.8. The van der Waals surface area contributed by atoms with Gasteiger partial charge in [-0.25, -0.2) is 9.97 Å². The molecular weight excluding hydrogens is 272 g/mol. The minimum absolute atomic E-state index is 0.165.